The second-order valence-corrected chi connectivity index (χ2v) is 22.6. The fraction of sp³-hybridized carbons (Fsp3) is 0.506. The van der Waals surface area contributed by atoms with Crippen LogP contribution in [0.15, 0.2) is 173 Å². The number of rotatable bonds is 36. The van der Waals surface area contributed by atoms with Crippen LogP contribution in [0.25, 0.3) is 0 Å². The van der Waals surface area contributed by atoms with Crippen LogP contribution in [0.4, 0.5) is 83.4 Å². The summed E-state index contributed by atoms with van der Waals surface area (Å²) in [5, 5.41) is 0. The van der Waals surface area contributed by atoms with E-state index in [9.17, 15) is 141 Å². The van der Waals surface area contributed by atoms with Gasteiger partial charge < -0.3 is 61.7 Å². The van der Waals surface area contributed by atoms with Crippen LogP contribution in [0.1, 0.15) is 128 Å². The Hall–Kier alpha value is -11.4. The molecule has 0 aromatic rings. The molecule has 0 aliphatic heterocycles. The number of halogens is 19. The van der Waals surface area contributed by atoms with Gasteiger partial charge in [-0.15, -0.1) is 0 Å². The molecule has 25 nitrogen and oxygen atoms in total. The lowest BCUT2D eigenvalue weighted by molar-refractivity contribution is -0.157. The van der Waals surface area contributed by atoms with E-state index in [1.54, 1.807) is 54.5 Å². The van der Waals surface area contributed by atoms with Crippen molar-refractivity contribution >= 4 is 71.6 Å². The zero-order valence-corrected chi connectivity index (χ0v) is 72.6. The van der Waals surface area contributed by atoms with Gasteiger partial charge in [-0.3, -0.25) is 0 Å². The number of carbonyl (C=O) groups excluding carboxylic acids is 12. The van der Waals surface area contributed by atoms with Gasteiger partial charge in [-0.25, -0.2) is 75.1 Å². The Morgan fingerprint density at radius 3 is 0.552 bits per heavy atom. The third-order valence-electron chi connectivity index (χ3n) is 9.78. The molecule has 0 saturated carbocycles. The average Bonchev–Trinajstić information content (AvgIpc) is 0.910. The summed E-state index contributed by atoms with van der Waals surface area (Å²) in [6.07, 6.45) is -26.1. The molecule has 0 N–H and O–H groups in total. The predicted molar refractivity (Wildman–Crippen MR) is 427 cm³/mol. The lowest BCUT2D eigenvalue weighted by Crippen LogP contribution is -2.20. The first-order valence-electron chi connectivity index (χ1n) is 35.5. The van der Waals surface area contributed by atoms with Crippen molar-refractivity contribution in [1.82, 2.24) is 4.90 Å². The van der Waals surface area contributed by atoms with Crippen LogP contribution in [-0.4, -0.2) is 220 Å². The Bertz CT molecular complexity index is 3020. The van der Waals surface area contributed by atoms with E-state index in [0.29, 0.717) is 49.8 Å². The minimum atomic E-state index is -4.28. The Morgan fingerprint density at radius 1 is 0.264 bits per heavy atom. The van der Waals surface area contributed by atoms with Gasteiger partial charge in [0.25, 0.3) is 0 Å². The van der Waals surface area contributed by atoms with E-state index < -0.39 is 163 Å². The molecule has 0 unspecified atom stereocenters. The molecular formula is C81H118F19NO24. The van der Waals surface area contributed by atoms with Crippen molar-refractivity contribution < 1.29 is 198 Å². The van der Waals surface area contributed by atoms with E-state index in [2.05, 4.69) is 144 Å². The van der Waals surface area contributed by atoms with Crippen LogP contribution >= 0.6 is 0 Å². The van der Waals surface area contributed by atoms with Crippen LogP contribution in [0.5, 0.6) is 0 Å². The molecule has 0 aromatic heterocycles. The highest BCUT2D eigenvalue weighted by molar-refractivity contribution is 5.89. The van der Waals surface area contributed by atoms with E-state index in [1.807, 2.05) is 25.9 Å². The fourth-order valence-corrected chi connectivity index (χ4v) is 3.83. The molecule has 0 bridgehead atoms. The molecule has 0 spiro atoms. The van der Waals surface area contributed by atoms with E-state index >= 15 is 0 Å². The first-order valence-corrected chi connectivity index (χ1v) is 35.5. The first kappa shape index (κ1) is 142. The molecule has 0 aliphatic carbocycles. The smallest absolute Gasteiger partial charge is 0.392 e. The molecule has 0 aliphatic rings. The molecule has 0 rings (SSSR count). The van der Waals surface area contributed by atoms with Crippen LogP contribution in [0.2, 0.25) is 0 Å². The van der Waals surface area contributed by atoms with Crippen molar-refractivity contribution in [3.05, 3.63) is 173 Å². The summed E-state index contributed by atoms with van der Waals surface area (Å²) >= 11 is 0. The second kappa shape index (κ2) is 88.9. The van der Waals surface area contributed by atoms with Crippen molar-refractivity contribution in [2.24, 2.45) is 0 Å². The van der Waals surface area contributed by atoms with Crippen molar-refractivity contribution in [3.8, 4) is 0 Å². The van der Waals surface area contributed by atoms with Gasteiger partial charge in [0.05, 0.1) is 71.7 Å². The van der Waals surface area contributed by atoms with E-state index in [1.165, 1.54) is 27.7 Å². The minimum absolute atomic E-state index is 0.0946. The topological polar surface area (TPSA) is 319 Å². The summed E-state index contributed by atoms with van der Waals surface area (Å²) < 4.78 is 270. The first-order chi connectivity index (χ1) is 56.9. The van der Waals surface area contributed by atoms with Crippen molar-refractivity contribution in [1.29, 1.82) is 0 Å². The third kappa shape index (κ3) is 157. The molecule has 0 aromatic carbocycles. The number of esters is 12. The third-order valence-corrected chi connectivity index (χ3v) is 9.78. The van der Waals surface area contributed by atoms with Gasteiger partial charge in [-0.05, 0) is 97.2 Å². The molecule has 0 amide bonds. The maximum atomic E-state index is 11.5. The SMILES string of the molecule is C=C(C)C(=O)OCC.C=C(C)C(=O)OCC.C=C(C)C(=O)OCCC(F)(F)F.C=C(C)C(=O)OCCC(F)(F)F.C=C(C)C(=O)OCCC(F)(F)F.C=C(C)C(=O)OCCC(F)F.C=C(C)C(=O)OCCN(C)C.C=CC(=C)C.C=CC(=O)OCC.C=CC(=O)OCC.C=CC(=O)OCCC(F)(F)F.C=CC(=O)OCCC(F)(F)F.C=CC(=O)OCCC(F)F. The average molecular weight is 1850 g/mol. The van der Waals surface area contributed by atoms with Gasteiger partial charge in [0, 0.05) is 88.8 Å². The van der Waals surface area contributed by atoms with Crippen LogP contribution in [0.3, 0.4) is 0 Å². The number of hydrogen-bond acceptors (Lipinski definition) is 25. The zero-order valence-electron chi connectivity index (χ0n) is 72.6. The lowest BCUT2D eigenvalue weighted by Gasteiger charge is -2.09. The highest BCUT2D eigenvalue weighted by Gasteiger charge is 2.30. The van der Waals surface area contributed by atoms with E-state index in [4.69, 9.17) is 4.74 Å². The summed E-state index contributed by atoms with van der Waals surface area (Å²) in [4.78, 5) is 126. The number of carbonyl (C=O) groups is 12. The van der Waals surface area contributed by atoms with Crippen LogP contribution in [-0.2, 0) is 114 Å². The van der Waals surface area contributed by atoms with E-state index in [0.717, 1.165) is 42.5 Å². The highest BCUT2D eigenvalue weighted by atomic mass is 19.4. The van der Waals surface area contributed by atoms with Gasteiger partial charge in [0.2, 0.25) is 12.9 Å². The Balaban J connectivity index is -0.0000000994. The molecule has 125 heavy (non-hydrogen) atoms. The summed E-state index contributed by atoms with van der Waals surface area (Å²) in [6.45, 7) is 64.3. The molecule has 0 atom stereocenters. The Kier molecular flexibility index (Phi) is 101. The summed E-state index contributed by atoms with van der Waals surface area (Å²) in [5.74, 6) is -7.00. The van der Waals surface area contributed by atoms with Gasteiger partial charge >= 0.3 is 103 Å². The number of hydrogen-bond donors (Lipinski definition) is 0. The number of nitrogens with zero attached hydrogens (tertiary/aromatic N) is 1. The van der Waals surface area contributed by atoms with Crippen LogP contribution in [0, 0.1) is 0 Å². The molecule has 44 heteroatoms. The molecule has 0 saturated heterocycles. The predicted octanol–water partition coefficient (Wildman–Crippen LogP) is 18.8. The monoisotopic (exact) mass is 1850 g/mol. The Labute approximate surface area is 717 Å². The van der Waals surface area contributed by atoms with Gasteiger partial charge in [0.1, 0.15) is 39.6 Å². The summed E-state index contributed by atoms with van der Waals surface area (Å²) in [6, 6.07) is 0. The maximum Gasteiger partial charge on any atom is 0.392 e. The van der Waals surface area contributed by atoms with E-state index in [-0.39, 0.29) is 65.4 Å². The fourth-order valence-electron chi connectivity index (χ4n) is 3.83. The lowest BCUT2D eigenvalue weighted by atomic mass is 10.3. The highest BCUT2D eigenvalue weighted by Crippen LogP contribution is 2.22. The molecule has 0 fully saturated rings. The minimum Gasteiger partial charge on any atom is -0.463 e. The van der Waals surface area contributed by atoms with Gasteiger partial charge in [0.15, 0.2) is 0 Å². The number of alkyl halides is 19. The molecular weight excluding hydrogens is 1730 g/mol. The summed E-state index contributed by atoms with van der Waals surface area (Å²) in [7, 11) is 3.85. The van der Waals surface area contributed by atoms with Gasteiger partial charge in [-0.2, -0.15) is 65.9 Å². The largest absolute Gasteiger partial charge is 0.463 e. The molecule has 0 radical (unpaired) electrons. The quantitative estimate of drug-likeness (QED) is 0.0185. The van der Waals surface area contributed by atoms with Crippen molar-refractivity contribution in [3.63, 3.8) is 0 Å². The number of allylic oxidation sites excluding steroid dienone is 2. The number of ether oxygens (including phenoxy) is 12. The molecule has 724 valence electrons. The maximum absolute atomic E-state index is 11.5. The zero-order chi connectivity index (χ0) is 102. The van der Waals surface area contributed by atoms with Crippen molar-refractivity contribution in [2.45, 2.75) is 172 Å². The standard InChI is InChI=1S/C8H15NO2.3C7H9F3O2.C7H10F2O2.2C6H7F3O2.C6H8F2O2.2C6H10O2.2C5H8O2.C5H8/c1-7(2)8(10)11-6-5-9(3)4;3*1-5(2)6(11)12-4-3-7(8,9)10;1-5(2)7(10)11-4-3-6(8)9;2*1-2-5(10)11-4-3-6(7,8)9;1-2-6(9)10-4-3-5(7)8;2*1-4-8-6(7)5(2)3;2*1-3-5(6)7-4-2;1-4-5(2)3/h1,5-6H2,2-4H3;3*1,3-4H2,2H3;6H,1,3-4H2,2H3;2*2H,1,3-4H2;2,5H,1,3-4H2;2*2,4H2,1,3H3;2*3H,1,4H2,2H3;4H,1-2H2,3H3. The summed E-state index contributed by atoms with van der Waals surface area (Å²) in [5.41, 5.74) is 2.87. The van der Waals surface area contributed by atoms with Crippen LogP contribution < -0.4 is 0 Å². The molecule has 0 heterocycles. The van der Waals surface area contributed by atoms with Gasteiger partial charge in [-0.1, -0.05) is 104 Å². The number of likely N-dealkylation sites (N-methyl/N-ethyl adjacent to an activating group) is 1. The van der Waals surface area contributed by atoms with Crippen molar-refractivity contribution in [2.75, 3.05) is 99.9 Å². The Morgan fingerprint density at radius 2 is 0.416 bits per heavy atom. The normalized spacial score (nSPS) is 9.73. The second-order valence-electron chi connectivity index (χ2n) is 22.6.